The van der Waals surface area contributed by atoms with E-state index in [0.29, 0.717) is 5.69 Å². The van der Waals surface area contributed by atoms with E-state index in [2.05, 4.69) is 20.4 Å². The molecule has 0 aliphatic heterocycles. The van der Waals surface area contributed by atoms with Gasteiger partial charge < -0.3 is 5.32 Å². The van der Waals surface area contributed by atoms with E-state index >= 15 is 0 Å². The molecule has 0 aliphatic carbocycles. The summed E-state index contributed by atoms with van der Waals surface area (Å²) >= 11 is 1.45. The van der Waals surface area contributed by atoms with Crippen molar-refractivity contribution in [3.63, 3.8) is 0 Å². The Kier molecular flexibility index (Phi) is 4.90. The number of hydrogen-bond acceptors (Lipinski definition) is 5. The Morgan fingerprint density at radius 2 is 1.96 bits per heavy atom. The van der Waals surface area contributed by atoms with E-state index in [4.69, 9.17) is 0 Å². The zero-order valence-electron chi connectivity index (χ0n) is 13.4. The maximum atomic E-state index is 12.2. The van der Waals surface area contributed by atoms with Crippen molar-refractivity contribution in [2.45, 2.75) is 30.4 Å². The molecule has 3 rings (SSSR count). The summed E-state index contributed by atoms with van der Waals surface area (Å²) in [6, 6.07) is 11.3. The van der Waals surface area contributed by atoms with Gasteiger partial charge in [0.05, 0.1) is 5.69 Å². The van der Waals surface area contributed by atoms with Crippen molar-refractivity contribution >= 4 is 23.4 Å². The Morgan fingerprint density at radius 1 is 1.12 bits per heavy atom. The largest absolute Gasteiger partial charge is 0.324 e. The van der Waals surface area contributed by atoms with E-state index in [9.17, 15) is 4.79 Å². The van der Waals surface area contributed by atoms with Crippen molar-refractivity contribution in [3.05, 3.63) is 60.2 Å². The molecule has 1 N–H and O–H groups in total. The first-order valence-electron chi connectivity index (χ1n) is 7.46. The Hall–Kier alpha value is -2.67. The first-order chi connectivity index (χ1) is 11.6. The molecule has 1 amide bonds. The van der Waals surface area contributed by atoms with Crippen molar-refractivity contribution in [3.8, 4) is 0 Å². The molecule has 0 fully saturated rings. The summed E-state index contributed by atoms with van der Waals surface area (Å²) in [5.74, 6) is -0.124. The lowest BCUT2D eigenvalue weighted by Crippen LogP contribution is -2.20. The summed E-state index contributed by atoms with van der Waals surface area (Å²) < 4.78 is 1.69. The number of rotatable bonds is 5. The number of nitrogens with one attached hydrogen (secondary N) is 1. The van der Waals surface area contributed by atoms with E-state index in [1.54, 1.807) is 23.1 Å². The van der Waals surface area contributed by atoms with Gasteiger partial charge in [-0.25, -0.2) is 9.97 Å². The second-order valence-electron chi connectivity index (χ2n) is 5.29. The summed E-state index contributed by atoms with van der Waals surface area (Å²) in [5, 5.41) is 8.81. The molecule has 0 unspecified atom stereocenters. The number of carbonyl (C=O) groups excluding carboxylic acids is 1. The van der Waals surface area contributed by atoms with Gasteiger partial charge in [-0.3, -0.25) is 9.48 Å². The van der Waals surface area contributed by atoms with E-state index in [1.165, 1.54) is 11.8 Å². The third kappa shape index (κ3) is 4.20. The van der Waals surface area contributed by atoms with Gasteiger partial charge in [0.2, 0.25) is 5.91 Å². The molecule has 7 heteroatoms. The highest BCUT2D eigenvalue weighted by molar-refractivity contribution is 7.99. The third-order valence-electron chi connectivity index (χ3n) is 3.26. The fourth-order valence-corrected chi connectivity index (χ4v) is 3.00. The Balaban J connectivity index is 1.66. The first kappa shape index (κ1) is 16.2. The molecule has 0 spiro atoms. The molecule has 0 aromatic carbocycles. The minimum Gasteiger partial charge on any atom is -0.324 e. The highest BCUT2D eigenvalue weighted by Gasteiger charge is 2.08. The molecule has 6 nitrogen and oxygen atoms in total. The van der Waals surface area contributed by atoms with Gasteiger partial charge in [-0.2, -0.15) is 5.10 Å². The van der Waals surface area contributed by atoms with Gasteiger partial charge in [-0.1, -0.05) is 17.8 Å². The Labute approximate surface area is 144 Å². The molecule has 0 saturated heterocycles. The van der Waals surface area contributed by atoms with Gasteiger partial charge in [0.1, 0.15) is 16.6 Å². The average molecular weight is 339 g/mol. The van der Waals surface area contributed by atoms with Gasteiger partial charge >= 0.3 is 0 Å². The average Bonchev–Trinajstić information content (AvgIpc) is 2.86. The summed E-state index contributed by atoms with van der Waals surface area (Å²) in [5.41, 5.74) is 2.57. The lowest BCUT2D eigenvalue weighted by molar-refractivity contribution is -0.116. The lowest BCUT2D eigenvalue weighted by atomic mass is 10.4. The van der Waals surface area contributed by atoms with Crippen LogP contribution in [0.25, 0.3) is 0 Å². The van der Waals surface area contributed by atoms with Gasteiger partial charge in [-0.15, -0.1) is 0 Å². The van der Waals surface area contributed by atoms with E-state index < -0.39 is 0 Å². The predicted molar refractivity (Wildman–Crippen MR) is 92.9 cm³/mol. The van der Waals surface area contributed by atoms with Crippen LogP contribution in [-0.4, -0.2) is 25.7 Å². The van der Waals surface area contributed by atoms with Crippen molar-refractivity contribution in [1.29, 1.82) is 0 Å². The van der Waals surface area contributed by atoms with Crippen molar-refractivity contribution in [2.75, 3.05) is 5.32 Å². The zero-order chi connectivity index (χ0) is 16.9. The smallest absolute Gasteiger partial charge is 0.246 e. The molecule has 0 aliphatic rings. The normalized spacial score (nSPS) is 10.6. The summed E-state index contributed by atoms with van der Waals surface area (Å²) in [6.07, 6.45) is 3.41. The molecule has 3 aromatic rings. The molecule has 0 atom stereocenters. The number of amides is 1. The molecule has 3 heterocycles. The van der Waals surface area contributed by atoms with Crippen LogP contribution in [0.5, 0.6) is 0 Å². The van der Waals surface area contributed by atoms with Crippen LogP contribution in [-0.2, 0) is 11.3 Å². The number of hydrogen-bond donors (Lipinski definition) is 1. The van der Waals surface area contributed by atoms with Crippen molar-refractivity contribution in [1.82, 2.24) is 19.7 Å². The van der Waals surface area contributed by atoms with Gasteiger partial charge in [-0.05, 0) is 44.2 Å². The maximum absolute atomic E-state index is 12.2. The highest BCUT2D eigenvalue weighted by atomic mass is 32.2. The number of anilines is 1. The number of aryl methyl sites for hydroxylation is 2. The van der Waals surface area contributed by atoms with E-state index in [1.807, 2.05) is 44.2 Å². The third-order valence-corrected chi connectivity index (χ3v) is 4.15. The molecule has 0 radical (unpaired) electrons. The highest BCUT2D eigenvalue weighted by Crippen LogP contribution is 2.25. The number of nitrogens with zero attached hydrogens (tertiary/aromatic N) is 4. The van der Waals surface area contributed by atoms with Crippen LogP contribution in [0.2, 0.25) is 0 Å². The number of pyridine rings is 2. The number of carbonyl (C=O) groups is 1. The van der Waals surface area contributed by atoms with Crippen molar-refractivity contribution in [2.24, 2.45) is 0 Å². The second kappa shape index (κ2) is 7.27. The first-order valence-corrected chi connectivity index (χ1v) is 8.27. The molecule has 0 bridgehead atoms. The molecule has 3 aromatic heterocycles. The van der Waals surface area contributed by atoms with Crippen LogP contribution in [0.4, 0.5) is 5.69 Å². The SMILES string of the molecule is Cc1cc(C)n(CC(=O)Nc2ccnc(Sc3ccccn3)c2)n1. The fourth-order valence-electron chi connectivity index (χ4n) is 2.23. The maximum Gasteiger partial charge on any atom is 0.246 e. The second-order valence-corrected chi connectivity index (χ2v) is 6.33. The topological polar surface area (TPSA) is 72.7 Å². The van der Waals surface area contributed by atoms with Gasteiger partial charge in [0.25, 0.3) is 0 Å². The molecule has 24 heavy (non-hydrogen) atoms. The summed E-state index contributed by atoms with van der Waals surface area (Å²) in [6.45, 7) is 4.03. The zero-order valence-corrected chi connectivity index (χ0v) is 14.2. The summed E-state index contributed by atoms with van der Waals surface area (Å²) in [4.78, 5) is 20.8. The molecule has 0 saturated carbocycles. The minimum atomic E-state index is -0.124. The van der Waals surface area contributed by atoms with Crippen molar-refractivity contribution < 1.29 is 4.79 Å². The lowest BCUT2D eigenvalue weighted by Gasteiger charge is -2.08. The van der Waals surface area contributed by atoms with Crippen LogP contribution in [0.15, 0.2) is 58.8 Å². The fraction of sp³-hybridized carbons (Fsp3) is 0.176. The van der Waals surface area contributed by atoms with Crippen LogP contribution >= 0.6 is 11.8 Å². The van der Waals surface area contributed by atoms with Crippen LogP contribution in [0, 0.1) is 13.8 Å². The van der Waals surface area contributed by atoms with Crippen LogP contribution in [0.3, 0.4) is 0 Å². The molecular weight excluding hydrogens is 322 g/mol. The van der Waals surface area contributed by atoms with Gasteiger partial charge in [0, 0.05) is 23.8 Å². The molecular formula is C17H17N5OS. The predicted octanol–water partition coefficient (Wildman–Crippen LogP) is 3.08. The number of aromatic nitrogens is 4. The quantitative estimate of drug-likeness (QED) is 0.773. The van der Waals surface area contributed by atoms with Crippen LogP contribution < -0.4 is 5.32 Å². The minimum absolute atomic E-state index is 0.124. The standard InChI is InChI=1S/C17H17N5OS/c1-12-9-13(2)22(21-12)11-15(23)20-14-6-8-19-17(10-14)24-16-5-3-4-7-18-16/h3-10H,11H2,1-2H3,(H,19,20,23). The Morgan fingerprint density at radius 3 is 2.67 bits per heavy atom. The monoisotopic (exact) mass is 339 g/mol. The van der Waals surface area contributed by atoms with Crippen LogP contribution in [0.1, 0.15) is 11.4 Å². The summed E-state index contributed by atoms with van der Waals surface area (Å²) in [7, 11) is 0. The Bertz CT molecular complexity index is 847. The van der Waals surface area contributed by atoms with E-state index in [-0.39, 0.29) is 12.5 Å². The van der Waals surface area contributed by atoms with Gasteiger partial charge in [0.15, 0.2) is 0 Å². The van der Waals surface area contributed by atoms with E-state index in [0.717, 1.165) is 21.4 Å². The molecule has 122 valence electrons.